The van der Waals surface area contributed by atoms with E-state index in [1.807, 2.05) is 16.8 Å². The van der Waals surface area contributed by atoms with E-state index < -0.39 is 5.82 Å². The lowest BCUT2D eigenvalue weighted by atomic mass is 10.1. The fourth-order valence-corrected chi connectivity index (χ4v) is 3.43. The van der Waals surface area contributed by atoms with Crippen LogP contribution in [0.1, 0.15) is 5.69 Å². The van der Waals surface area contributed by atoms with Gasteiger partial charge in [-0.3, -0.25) is 14.5 Å². The molecule has 29 heavy (non-hydrogen) atoms. The smallest absolute Gasteiger partial charge is 0.246 e. The van der Waals surface area contributed by atoms with Crippen molar-refractivity contribution in [2.75, 3.05) is 19.0 Å². The van der Waals surface area contributed by atoms with Crippen molar-refractivity contribution in [1.82, 2.24) is 19.7 Å². The van der Waals surface area contributed by atoms with Crippen molar-refractivity contribution in [3.63, 3.8) is 0 Å². The zero-order valence-electron chi connectivity index (χ0n) is 15.9. The molecule has 2 aromatic heterocycles. The number of amides is 1. The number of nitrogens with one attached hydrogen (secondary N) is 1. The number of rotatable bonds is 5. The van der Waals surface area contributed by atoms with Crippen molar-refractivity contribution in [2.24, 2.45) is 0 Å². The Morgan fingerprint density at radius 3 is 2.76 bits per heavy atom. The minimum atomic E-state index is -0.463. The molecule has 3 heterocycles. The third-order valence-corrected chi connectivity index (χ3v) is 4.85. The van der Waals surface area contributed by atoms with Crippen LogP contribution in [0.2, 0.25) is 0 Å². The van der Waals surface area contributed by atoms with Crippen molar-refractivity contribution in [3.05, 3.63) is 66.9 Å². The summed E-state index contributed by atoms with van der Waals surface area (Å²) in [6.45, 7) is 5.10. The highest BCUT2D eigenvalue weighted by Gasteiger charge is 2.27. The summed E-state index contributed by atoms with van der Waals surface area (Å²) >= 11 is 0. The molecule has 0 bridgehead atoms. The van der Waals surface area contributed by atoms with Crippen LogP contribution in [-0.4, -0.2) is 39.2 Å². The SMILES string of the molecule is C=CC(=O)N1CCn2nc(Nc3ccc(OC)c(F)c3)c(-c3ccncc3)c2C1. The minimum absolute atomic E-state index is 0.120. The van der Waals surface area contributed by atoms with Crippen LogP contribution in [0.15, 0.2) is 55.4 Å². The number of hydrogen-bond acceptors (Lipinski definition) is 5. The zero-order chi connectivity index (χ0) is 20.4. The van der Waals surface area contributed by atoms with E-state index in [1.54, 1.807) is 29.4 Å². The van der Waals surface area contributed by atoms with Gasteiger partial charge in [0.25, 0.3) is 0 Å². The second-order valence-corrected chi connectivity index (χ2v) is 6.57. The molecule has 1 amide bonds. The van der Waals surface area contributed by atoms with E-state index in [2.05, 4.69) is 22.0 Å². The number of hydrogen-bond donors (Lipinski definition) is 1. The molecule has 1 aliphatic rings. The molecule has 3 aromatic rings. The first kappa shape index (κ1) is 18.7. The van der Waals surface area contributed by atoms with Gasteiger partial charge in [0.2, 0.25) is 5.91 Å². The zero-order valence-corrected chi connectivity index (χ0v) is 15.9. The molecule has 8 heteroatoms. The van der Waals surface area contributed by atoms with Gasteiger partial charge in [-0.2, -0.15) is 5.10 Å². The van der Waals surface area contributed by atoms with Crippen LogP contribution in [0, 0.1) is 5.82 Å². The predicted molar refractivity (Wildman–Crippen MR) is 107 cm³/mol. The maximum Gasteiger partial charge on any atom is 0.246 e. The van der Waals surface area contributed by atoms with Gasteiger partial charge in [0.15, 0.2) is 17.4 Å². The number of nitrogens with zero attached hydrogens (tertiary/aromatic N) is 4. The Kier molecular flexibility index (Phi) is 4.99. The van der Waals surface area contributed by atoms with E-state index in [0.29, 0.717) is 31.1 Å². The number of carbonyl (C=O) groups excluding carboxylic acids is 1. The predicted octanol–water partition coefficient (Wildman–Crippen LogP) is 3.36. The monoisotopic (exact) mass is 393 g/mol. The van der Waals surface area contributed by atoms with Crippen LogP contribution in [0.3, 0.4) is 0 Å². The van der Waals surface area contributed by atoms with Gasteiger partial charge in [0, 0.05) is 36.3 Å². The molecule has 0 spiro atoms. The van der Waals surface area contributed by atoms with Crippen molar-refractivity contribution in [3.8, 4) is 16.9 Å². The second-order valence-electron chi connectivity index (χ2n) is 6.57. The fraction of sp³-hybridized carbons (Fsp3) is 0.190. The van der Waals surface area contributed by atoms with Crippen LogP contribution < -0.4 is 10.1 Å². The normalized spacial score (nSPS) is 13.0. The Labute approximate surface area is 167 Å². The Morgan fingerprint density at radius 2 is 2.07 bits per heavy atom. The number of ether oxygens (including phenoxy) is 1. The van der Waals surface area contributed by atoms with Gasteiger partial charge < -0.3 is 15.0 Å². The second kappa shape index (κ2) is 7.75. The number of carbonyl (C=O) groups is 1. The lowest BCUT2D eigenvalue weighted by Gasteiger charge is -2.27. The summed E-state index contributed by atoms with van der Waals surface area (Å²) in [6.07, 6.45) is 4.72. The van der Waals surface area contributed by atoms with E-state index in [0.717, 1.165) is 16.8 Å². The van der Waals surface area contributed by atoms with Crippen LogP contribution in [0.5, 0.6) is 5.75 Å². The molecular weight excluding hydrogens is 373 g/mol. The molecule has 1 N–H and O–H groups in total. The topological polar surface area (TPSA) is 72.3 Å². The highest BCUT2D eigenvalue weighted by atomic mass is 19.1. The summed E-state index contributed by atoms with van der Waals surface area (Å²) in [5, 5.41) is 7.89. The van der Waals surface area contributed by atoms with Crippen LogP contribution in [-0.2, 0) is 17.9 Å². The molecule has 148 valence electrons. The van der Waals surface area contributed by atoms with Gasteiger partial charge >= 0.3 is 0 Å². The van der Waals surface area contributed by atoms with E-state index >= 15 is 0 Å². The molecule has 0 saturated carbocycles. The standard InChI is InChI=1S/C21H20FN5O2/c1-3-19(28)26-10-11-27-17(13-26)20(14-6-8-23-9-7-14)21(25-27)24-15-4-5-18(29-2)16(22)12-15/h3-9,12H,1,10-11,13H2,2H3,(H,24,25). The van der Waals surface area contributed by atoms with E-state index in [1.165, 1.54) is 19.3 Å². The third kappa shape index (κ3) is 3.56. The minimum Gasteiger partial charge on any atom is -0.494 e. The molecule has 1 aromatic carbocycles. The fourth-order valence-electron chi connectivity index (χ4n) is 3.43. The molecule has 0 fully saturated rings. The number of benzene rings is 1. The first-order valence-corrected chi connectivity index (χ1v) is 9.12. The first-order chi connectivity index (χ1) is 14.1. The maximum absolute atomic E-state index is 14.1. The number of pyridine rings is 1. The molecule has 4 rings (SSSR count). The number of anilines is 2. The molecule has 7 nitrogen and oxygen atoms in total. The van der Waals surface area contributed by atoms with Gasteiger partial charge in [0.1, 0.15) is 0 Å². The molecule has 0 unspecified atom stereocenters. The highest BCUT2D eigenvalue weighted by Crippen LogP contribution is 2.35. The summed E-state index contributed by atoms with van der Waals surface area (Å²) in [5.41, 5.74) is 3.21. The first-order valence-electron chi connectivity index (χ1n) is 9.12. The average molecular weight is 393 g/mol. The number of methoxy groups -OCH3 is 1. The lowest BCUT2D eigenvalue weighted by Crippen LogP contribution is -2.37. The van der Waals surface area contributed by atoms with E-state index in [-0.39, 0.29) is 11.7 Å². The molecule has 1 aliphatic heterocycles. The van der Waals surface area contributed by atoms with Crippen molar-refractivity contribution in [1.29, 1.82) is 0 Å². The van der Waals surface area contributed by atoms with Crippen molar-refractivity contribution in [2.45, 2.75) is 13.1 Å². The van der Waals surface area contributed by atoms with Gasteiger partial charge in [-0.05, 0) is 35.9 Å². The number of halogens is 1. The summed E-state index contributed by atoms with van der Waals surface area (Å²) in [7, 11) is 1.42. The highest BCUT2D eigenvalue weighted by molar-refractivity contribution is 5.88. The summed E-state index contributed by atoms with van der Waals surface area (Å²) < 4.78 is 21.0. The lowest BCUT2D eigenvalue weighted by molar-refractivity contribution is -0.127. The Hall–Kier alpha value is -3.68. The summed E-state index contributed by atoms with van der Waals surface area (Å²) in [6, 6.07) is 8.41. The quantitative estimate of drug-likeness (QED) is 0.673. The van der Waals surface area contributed by atoms with Crippen LogP contribution in [0.25, 0.3) is 11.1 Å². The molecule has 0 saturated heterocycles. The molecule has 0 radical (unpaired) electrons. The maximum atomic E-state index is 14.1. The largest absolute Gasteiger partial charge is 0.494 e. The Morgan fingerprint density at radius 1 is 1.28 bits per heavy atom. The van der Waals surface area contributed by atoms with Crippen LogP contribution in [0.4, 0.5) is 15.9 Å². The van der Waals surface area contributed by atoms with Gasteiger partial charge in [-0.15, -0.1) is 0 Å². The summed E-state index contributed by atoms with van der Waals surface area (Å²) in [5.74, 6) is 0.177. The number of fused-ring (bicyclic) bond motifs is 1. The molecular formula is C21H20FN5O2. The Bertz CT molecular complexity index is 1060. The Balaban J connectivity index is 1.76. The van der Waals surface area contributed by atoms with E-state index in [9.17, 15) is 9.18 Å². The number of aromatic nitrogens is 3. The van der Waals surface area contributed by atoms with Gasteiger partial charge in [0.05, 0.1) is 25.9 Å². The third-order valence-electron chi connectivity index (χ3n) is 4.85. The van der Waals surface area contributed by atoms with Gasteiger partial charge in [-0.1, -0.05) is 6.58 Å². The van der Waals surface area contributed by atoms with Crippen molar-refractivity contribution < 1.29 is 13.9 Å². The average Bonchev–Trinajstić information content (AvgIpc) is 3.10. The molecule has 0 atom stereocenters. The van der Waals surface area contributed by atoms with Gasteiger partial charge in [-0.25, -0.2) is 4.39 Å². The van der Waals surface area contributed by atoms with Crippen LogP contribution >= 0.6 is 0 Å². The van der Waals surface area contributed by atoms with E-state index in [4.69, 9.17) is 4.74 Å². The molecule has 0 aliphatic carbocycles. The van der Waals surface area contributed by atoms with Crippen molar-refractivity contribution >= 4 is 17.4 Å². The summed E-state index contributed by atoms with van der Waals surface area (Å²) in [4.78, 5) is 17.9.